The quantitative estimate of drug-likeness (QED) is 0.177. The first kappa shape index (κ1) is 27.6. The first-order valence-corrected chi connectivity index (χ1v) is 17.3. The molecule has 9 rings (SSSR count). The molecule has 0 aliphatic carbocycles. The third-order valence-corrected chi connectivity index (χ3v) is 10.3. The van der Waals surface area contributed by atoms with Gasteiger partial charge in [0, 0.05) is 47.4 Å². The molecule has 2 amide bonds. The maximum absolute atomic E-state index is 13.9. The number of amides is 2. The number of hydrogen-bond donors (Lipinski definition) is 1. The lowest BCUT2D eigenvalue weighted by Gasteiger charge is -2.23. The fourth-order valence-electron chi connectivity index (χ4n) is 7.82. The summed E-state index contributed by atoms with van der Waals surface area (Å²) in [6, 6.07) is 26.0. The van der Waals surface area contributed by atoms with Crippen molar-refractivity contribution in [1.29, 1.82) is 0 Å². The van der Waals surface area contributed by atoms with Crippen molar-refractivity contribution in [3.05, 3.63) is 136 Å². The summed E-state index contributed by atoms with van der Waals surface area (Å²) in [5.74, 6) is 0.0973. The van der Waals surface area contributed by atoms with Gasteiger partial charge in [-0.1, -0.05) is 36.4 Å². The molecule has 260 valence electrons. The van der Waals surface area contributed by atoms with Gasteiger partial charge in [0.1, 0.15) is 18.9 Å². The van der Waals surface area contributed by atoms with E-state index in [1.807, 2.05) is 53.4 Å². The molecule has 4 aliphatic heterocycles. The molecule has 5 aromatic rings. The van der Waals surface area contributed by atoms with E-state index in [9.17, 15) is 9.59 Å². The zero-order valence-electron chi connectivity index (χ0n) is 32.7. The van der Waals surface area contributed by atoms with E-state index in [0.29, 0.717) is 35.2 Å². The Morgan fingerprint density at radius 3 is 2.19 bits per heavy atom. The van der Waals surface area contributed by atoms with E-state index in [4.69, 9.17) is 25.4 Å². The van der Waals surface area contributed by atoms with Crippen LogP contribution in [0.3, 0.4) is 0 Å². The monoisotopic (exact) mass is 694 g/mol. The summed E-state index contributed by atoms with van der Waals surface area (Å²) in [5, 5.41) is 0. The normalized spacial score (nSPS) is 19.7. The van der Waals surface area contributed by atoms with Crippen LogP contribution in [0.15, 0.2) is 96.0 Å². The number of benzene rings is 5. The number of ether oxygens (including phenoxy) is 3. The van der Waals surface area contributed by atoms with Crippen LogP contribution in [0.4, 0.5) is 22.7 Å². The molecule has 0 spiro atoms. The molecule has 2 atom stereocenters. The molecule has 52 heavy (non-hydrogen) atoms. The number of methoxy groups -OCH3 is 1. The molecule has 0 saturated heterocycles. The van der Waals surface area contributed by atoms with Gasteiger partial charge in [-0.05, 0) is 108 Å². The number of anilines is 3. The van der Waals surface area contributed by atoms with E-state index in [-0.39, 0.29) is 58.0 Å². The van der Waals surface area contributed by atoms with Gasteiger partial charge in [-0.2, -0.15) is 0 Å². The first-order chi connectivity index (χ1) is 26.8. The molecule has 0 fully saturated rings. The van der Waals surface area contributed by atoms with Gasteiger partial charge < -0.3 is 24.8 Å². The zero-order chi connectivity index (χ0) is 39.1. The summed E-state index contributed by atoms with van der Waals surface area (Å²) >= 11 is 0. The van der Waals surface area contributed by atoms with Gasteiger partial charge in [-0.25, -0.2) is 0 Å². The van der Waals surface area contributed by atoms with Crippen molar-refractivity contribution in [2.24, 2.45) is 4.99 Å². The van der Waals surface area contributed by atoms with Gasteiger partial charge in [0.15, 0.2) is 11.5 Å². The Bertz CT molecular complexity index is 2510. The van der Waals surface area contributed by atoms with E-state index in [2.05, 4.69) is 4.99 Å². The van der Waals surface area contributed by atoms with Crippen LogP contribution in [0, 0.1) is 6.92 Å². The number of fused-ring (bicyclic) bond motifs is 8. The fourth-order valence-corrected chi connectivity index (χ4v) is 7.82. The summed E-state index contributed by atoms with van der Waals surface area (Å²) in [4.78, 5) is 36.0. The molecule has 0 unspecified atom stereocenters. The Kier molecular flexibility index (Phi) is 6.69. The Labute approximate surface area is 307 Å². The molecule has 2 N–H and O–H groups in total. The topological polar surface area (TPSA) is 107 Å². The first-order valence-electron chi connectivity index (χ1n) is 19.3. The van der Waals surface area contributed by atoms with Crippen LogP contribution in [0.1, 0.15) is 66.0 Å². The van der Waals surface area contributed by atoms with Crippen LogP contribution in [-0.4, -0.2) is 37.2 Å². The van der Waals surface area contributed by atoms with Crippen molar-refractivity contribution < 1.29 is 29.3 Å². The summed E-state index contributed by atoms with van der Waals surface area (Å²) in [6.45, 7) is -3.29. The van der Waals surface area contributed by atoms with E-state index in [1.165, 1.54) is 25.3 Å². The standard InChI is InChI=1S/C43H38N4O5/c1-25-13-35-36(45-22-33-18-30-8-4-6-10-38(30)47(33)43(35)49)21-39(25)51-23-26-14-27(16-31(44)15-26)24-52-41-19-28-11-12-32-17-29-7-3-5-9-37(29)46(32)42(48)34(28)20-40(41)50-2/h3-10,13-16,19-22,32-33H,11-12,17-18,23-24,44H2,1-2H3/t32-,33+/m1/s1/i23D2,24D2. The van der Waals surface area contributed by atoms with Crippen molar-refractivity contribution in [1.82, 2.24) is 0 Å². The Morgan fingerprint density at radius 2 is 1.44 bits per heavy atom. The number of nitrogen functional groups attached to an aromatic ring is 1. The molecule has 4 aliphatic rings. The number of rotatable bonds is 7. The Balaban J connectivity index is 0.985. The highest BCUT2D eigenvalue weighted by Crippen LogP contribution is 2.42. The van der Waals surface area contributed by atoms with E-state index < -0.39 is 13.1 Å². The van der Waals surface area contributed by atoms with Crippen LogP contribution >= 0.6 is 0 Å². The fraction of sp³-hybridized carbons (Fsp3) is 0.233. The average Bonchev–Trinajstić information content (AvgIpc) is 3.66. The van der Waals surface area contributed by atoms with Gasteiger partial charge in [0.25, 0.3) is 11.8 Å². The predicted octanol–water partition coefficient (Wildman–Crippen LogP) is 7.55. The number of hydrogen-bond acceptors (Lipinski definition) is 7. The molecule has 0 bridgehead atoms. The number of aryl methyl sites for hydroxylation is 2. The summed E-state index contributed by atoms with van der Waals surface area (Å²) in [5.41, 5.74) is 12.6. The summed E-state index contributed by atoms with van der Waals surface area (Å²) < 4.78 is 53.7. The average molecular weight is 695 g/mol. The van der Waals surface area contributed by atoms with E-state index >= 15 is 0 Å². The largest absolute Gasteiger partial charge is 0.493 e. The third kappa shape index (κ3) is 5.44. The lowest BCUT2D eigenvalue weighted by atomic mass is 9.99. The predicted molar refractivity (Wildman–Crippen MR) is 202 cm³/mol. The molecule has 9 nitrogen and oxygen atoms in total. The van der Waals surface area contributed by atoms with Crippen LogP contribution in [-0.2, 0) is 32.4 Å². The zero-order valence-corrected chi connectivity index (χ0v) is 28.7. The third-order valence-electron chi connectivity index (χ3n) is 10.3. The maximum Gasteiger partial charge on any atom is 0.261 e. The second-order valence-corrected chi connectivity index (χ2v) is 13.6. The number of carbonyl (C=O) groups is 2. The minimum Gasteiger partial charge on any atom is -0.493 e. The Hall–Kier alpha value is -6.09. The SMILES string of the molecule is [2H]C([2H])(Oc1cc2c(cc1C)C(=O)N1c3ccccc3C[C@H]1C=N2)c1cc(N)cc(C([2H])([2H])Oc2cc3c(cc2OC)C(=O)N2c4ccccc4C[C@H]2CC3)c1. The van der Waals surface area contributed by atoms with E-state index in [0.717, 1.165) is 40.9 Å². The minimum absolute atomic E-state index is 0.0118. The molecule has 0 radical (unpaired) electrons. The molecular formula is C43H38N4O5. The number of aliphatic imine (C=N–C) groups is 1. The highest BCUT2D eigenvalue weighted by atomic mass is 16.5. The van der Waals surface area contributed by atoms with Gasteiger partial charge in [-0.15, -0.1) is 0 Å². The summed E-state index contributed by atoms with van der Waals surface area (Å²) in [6.07, 6.45) is 4.45. The van der Waals surface area contributed by atoms with Crippen molar-refractivity contribution >= 4 is 40.8 Å². The molecule has 4 heterocycles. The van der Waals surface area contributed by atoms with Gasteiger partial charge >= 0.3 is 0 Å². The Morgan fingerprint density at radius 1 is 0.769 bits per heavy atom. The van der Waals surface area contributed by atoms with E-state index in [1.54, 1.807) is 42.3 Å². The smallest absolute Gasteiger partial charge is 0.261 e. The van der Waals surface area contributed by atoms with Crippen LogP contribution in [0.5, 0.6) is 17.2 Å². The lowest BCUT2D eigenvalue weighted by Crippen LogP contribution is -2.37. The highest BCUT2D eigenvalue weighted by molar-refractivity contribution is 6.14. The van der Waals surface area contributed by atoms with Crippen LogP contribution in [0.25, 0.3) is 0 Å². The minimum atomic E-state index is -2.52. The second kappa shape index (κ2) is 12.6. The van der Waals surface area contributed by atoms with Gasteiger partial charge in [0.05, 0.1) is 29.9 Å². The van der Waals surface area contributed by atoms with Crippen molar-refractivity contribution in [2.75, 3.05) is 22.6 Å². The number of para-hydroxylation sites is 2. The number of nitrogens with zero attached hydrogens (tertiary/aromatic N) is 3. The second-order valence-electron chi connectivity index (χ2n) is 13.6. The lowest BCUT2D eigenvalue weighted by molar-refractivity contribution is 0.0975. The van der Waals surface area contributed by atoms with Crippen molar-refractivity contribution in [3.8, 4) is 17.2 Å². The molecule has 5 aromatic carbocycles. The van der Waals surface area contributed by atoms with Gasteiger partial charge in [-0.3, -0.25) is 19.5 Å². The molecule has 9 heteroatoms. The van der Waals surface area contributed by atoms with Crippen LogP contribution in [0.2, 0.25) is 0 Å². The summed E-state index contributed by atoms with van der Waals surface area (Å²) in [7, 11) is 1.43. The van der Waals surface area contributed by atoms with Crippen molar-refractivity contribution in [2.45, 2.75) is 57.8 Å². The molecule has 0 saturated carbocycles. The highest BCUT2D eigenvalue weighted by Gasteiger charge is 2.38. The molecule has 0 aromatic heterocycles. The molecular weight excluding hydrogens is 652 g/mol. The number of carbonyl (C=O) groups excluding carboxylic acids is 2. The van der Waals surface area contributed by atoms with Gasteiger partial charge in [0.2, 0.25) is 0 Å². The maximum atomic E-state index is 13.9. The van der Waals surface area contributed by atoms with Crippen LogP contribution < -0.4 is 29.7 Å². The number of nitrogens with two attached hydrogens (primary N) is 1. The van der Waals surface area contributed by atoms with Crippen molar-refractivity contribution in [3.63, 3.8) is 0 Å².